The summed E-state index contributed by atoms with van der Waals surface area (Å²) >= 11 is 0. The van der Waals surface area contributed by atoms with Crippen LogP contribution < -0.4 is 0 Å². The van der Waals surface area contributed by atoms with Gasteiger partial charge in [0.1, 0.15) is 6.10 Å². The Balaban J connectivity index is 2.52. The first kappa shape index (κ1) is 23.2. The molecule has 0 fully saturated rings. The van der Waals surface area contributed by atoms with Crippen molar-refractivity contribution in [2.75, 3.05) is 7.11 Å². The van der Waals surface area contributed by atoms with Crippen molar-refractivity contribution >= 4 is 5.97 Å². The summed E-state index contributed by atoms with van der Waals surface area (Å²) < 4.78 is 4.58. The Morgan fingerprint density at radius 3 is 2.48 bits per heavy atom. The Morgan fingerprint density at radius 2 is 1.74 bits per heavy atom. The Bertz CT molecular complexity index is 600. The maximum absolute atomic E-state index is 11.1. The smallest absolute Gasteiger partial charge is 0.305 e. The number of aliphatic hydroxyl groups excluding tert-OH is 2. The fraction of sp³-hybridized carbons (Fsp3) is 0.609. The van der Waals surface area contributed by atoms with E-state index in [0.29, 0.717) is 12.8 Å². The number of carbonyl (C=O) groups is 1. The molecule has 0 heterocycles. The zero-order chi connectivity index (χ0) is 19.9. The van der Waals surface area contributed by atoms with Gasteiger partial charge in [-0.25, -0.2) is 0 Å². The number of unbranched alkanes of at least 4 members (excludes halogenated alkanes) is 5. The molecule has 27 heavy (non-hydrogen) atoms. The molecule has 1 aromatic rings. The highest BCUT2D eigenvalue weighted by Crippen LogP contribution is 2.23. The van der Waals surface area contributed by atoms with Gasteiger partial charge >= 0.3 is 5.97 Å². The summed E-state index contributed by atoms with van der Waals surface area (Å²) in [6.45, 7) is 2.21. The van der Waals surface area contributed by atoms with Crippen molar-refractivity contribution in [3.05, 3.63) is 35.4 Å². The zero-order valence-corrected chi connectivity index (χ0v) is 16.7. The van der Waals surface area contributed by atoms with Crippen LogP contribution in [-0.4, -0.2) is 29.4 Å². The number of hydrogen-bond acceptors (Lipinski definition) is 4. The number of carbonyl (C=O) groups excluding carboxylic acids is 1. The molecule has 4 nitrogen and oxygen atoms in total. The fourth-order valence-electron chi connectivity index (χ4n) is 2.95. The molecule has 0 aliphatic carbocycles. The van der Waals surface area contributed by atoms with E-state index in [1.807, 2.05) is 24.3 Å². The van der Waals surface area contributed by atoms with Crippen LogP contribution in [0.1, 0.15) is 88.4 Å². The lowest BCUT2D eigenvalue weighted by Crippen LogP contribution is -2.06. The van der Waals surface area contributed by atoms with Crippen LogP contribution in [0.15, 0.2) is 24.3 Å². The summed E-state index contributed by atoms with van der Waals surface area (Å²) in [6.07, 6.45) is 7.79. The van der Waals surface area contributed by atoms with Crippen LogP contribution in [0, 0.1) is 11.8 Å². The molecule has 1 rings (SSSR count). The fourth-order valence-corrected chi connectivity index (χ4v) is 2.95. The molecule has 1 aromatic carbocycles. The highest BCUT2D eigenvalue weighted by Gasteiger charge is 2.11. The van der Waals surface area contributed by atoms with Crippen LogP contribution in [0.5, 0.6) is 0 Å². The van der Waals surface area contributed by atoms with E-state index < -0.39 is 12.2 Å². The molecule has 0 saturated carbocycles. The van der Waals surface area contributed by atoms with E-state index in [1.165, 1.54) is 32.8 Å². The second-order valence-corrected chi connectivity index (χ2v) is 6.91. The van der Waals surface area contributed by atoms with Gasteiger partial charge in [0.05, 0.1) is 13.2 Å². The molecule has 4 heteroatoms. The number of ether oxygens (including phenoxy) is 1. The SMILES string of the molecule is CCCCCCCCC(O)c1ccccc1C#CC(O)CCCC(=O)OC. The van der Waals surface area contributed by atoms with E-state index in [9.17, 15) is 15.0 Å². The van der Waals surface area contributed by atoms with Gasteiger partial charge in [-0.3, -0.25) is 4.79 Å². The molecule has 2 atom stereocenters. The highest BCUT2D eigenvalue weighted by molar-refractivity contribution is 5.69. The summed E-state index contributed by atoms with van der Waals surface area (Å²) in [4.78, 5) is 11.1. The summed E-state index contributed by atoms with van der Waals surface area (Å²) in [5.74, 6) is 5.53. The monoisotopic (exact) mass is 374 g/mol. The Kier molecular flexibility index (Phi) is 12.3. The maximum Gasteiger partial charge on any atom is 0.305 e. The van der Waals surface area contributed by atoms with Crippen LogP contribution in [0.3, 0.4) is 0 Å². The summed E-state index contributed by atoms with van der Waals surface area (Å²) in [6, 6.07) is 7.55. The second-order valence-electron chi connectivity index (χ2n) is 6.91. The maximum atomic E-state index is 11.1. The molecule has 0 saturated heterocycles. The minimum absolute atomic E-state index is 0.279. The molecule has 0 aliphatic rings. The van der Waals surface area contributed by atoms with Crippen molar-refractivity contribution in [1.29, 1.82) is 0 Å². The molecule has 0 bridgehead atoms. The normalized spacial score (nSPS) is 12.7. The second kappa shape index (κ2) is 14.3. The Labute approximate surface area is 163 Å². The average Bonchev–Trinajstić information content (AvgIpc) is 2.68. The van der Waals surface area contributed by atoms with E-state index in [0.717, 1.165) is 30.4 Å². The van der Waals surface area contributed by atoms with Gasteiger partial charge in [0, 0.05) is 12.0 Å². The van der Waals surface area contributed by atoms with Crippen molar-refractivity contribution in [2.24, 2.45) is 0 Å². The van der Waals surface area contributed by atoms with Crippen LogP contribution in [0.25, 0.3) is 0 Å². The molecule has 0 radical (unpaired) electrons. The van der Waals surface area contributed by atoms with E-state index in [4.69, 9.17) is 0 Å². The van der Waals surface area contributed by atoms with Crippen LogP contribution in [0.4, 0.5) is 0 Å². The zero-order valence-electron chi connectivity index (χ0n) is 16.7. The molecule has 2 unspecified atom stereocenters. The molecule has 0 aromatic heterocycles. The van der Waals surface area contributed by atoms with Crippen molar-refractivity contribution in [1.82, 2.24) is 0 Å². The van der Waals surface area contributed by atoms with Gasteiger partial charge in [-0.2, -0.15) is 0 Å². The molecule has 0 amide bonds. The standard InChI is InChI=1S/C23H34O4/c1-3-4-5-6-7-8-15-22(25)21-14-10-9-12-19(21)17-18-20(24)13-11-16-23(26)27-2/h9-10,12,14,20,22,24-25H,3-8,11,13,15-16H2,1-2H3. The molecule has 0 spiro atoms. The van der Waals surface area contributed by atoms with Crippen LogP contribution in [0.2, 0.25) is 0 Å². The number of benzene rings is 1. The minimum atomic E-state index is -0.793. The Hall–Kier alpha value is -1.83. The highest BCUT2D eigenvalue weighted by atomic mass is 16.5. The molecular weight excluding hydrogens is 340 g/mol. The topological polar surface area (TPSA) is 66.8 Å². The Morgan fingerprint density at radius 1 is 1.04 bits per heavy atom. The van der Waals surface area contributed by atoms with Gasteiger partial charge in [0.15, 0.2) is 0 Å². The van der Waals surface area contributed by atoms with Gasteiger partial charge < -0.3 is 14.9 Å². The molecule has 0 aliphatic heterocycles. The third kappa shape index (κ3) is 10.2. The largest absolute Gasteiger partial charge is 0.469 e. The van der Waals surface area contributed by atoms with Crippen LogP contribution >= 0.6 is 0 Å². The summed E-state index contributed by atoms with van der Waals surface area (Å²) in [7, 11) is 1.35. The first-order chi connectivity index (χ1) is 13.1. The number of methoxy groups -OCH3 is 1. The van der Waals surface area contributed by atoms with Gasteiger partial charge in [-0.05, 0) is 30.9 Å². The molecular formula is C23H34O4. The summed E-state index contributed by atoms with van der Waals surface area (Å²) in [5, 5.41) is 20.5. The first-order valence-corrected chi connectivity index (χ1v) is 10.1. The van der Waals surface area contributed by atoms with E-state index in [-0.39, 0.29) is 12.4 Å². The lowest BCUT2D eigenvalue weighted by atomic mass is 9.97. The predicted octanol–water partition coefficient (Wildman–Crippen LogP) is 4.53. The lowest BCUT2D eigenvalue weighted by Gasteiger charge is -2.13. The van der Waals surface area contributed by atoms with Gasteiger partial charge in [0.25, 0.3) is 0 Å². The van der Waals surface area contributed by atoms with Gasteiger partial charge in [-0.15, -0.1) is 0 Å². The van der Waals surface area contributed by atoms with Crippen molar-refractivity contribution in [2.45, 2.75) is 83.3 Å². The van der Waals surface area contributed by atoms with Gasteiger partial charge in [-0.1, -0.05) is 75.5 Å². The number of hydrogen-bond donors (Lipinski definition) is 2. The van der Waals surface area contributed by atoms with Crippen molar-refractivity contribution in [3.8, 4) is 11.8 Å². The van der Waals surface area contributed by atoms with E-state index in [2.05, 4.69) is 23.5 Å². The van der Waals surface area contributed by atoms with Crippen molar-refractivity contribution in [3.63, 3.8) is 0 Å². The first-order valence-electron chi connectivity index (χ1n) is 10.1. The van der Waals surface area contributed by atoms with Crippen molar-refractivity contribution < 1.29 is 19.7 Å². The summed E-state index contributed by atoms with van der Waals surface area (Å²) in [5.41, 5.74) is 1.57. The van der Waals surface area contributed by atoms with Crippen LogP contribution in [-0.2, 0) is 9.53 Å². The predicted molar refractivity (Wildman–Crippen MR) is 108 cm³/mol. The minimum Gasteiger partial charge on any atom is -0.469 e. The van der Waals surface area contributed by atoms with E-state index >= 15 is 0 Å². The molecule has 2 N–H and O–H groups in total. The number of rotatable bonds is 12. The molecule has 150 valence electrons. The number of aliphatic hydroxyl groups is 2. The van der Waals surface area contributed by atoms with Gasteiger partial charge in [0.2, 0.25) is 0 Å². The number of esters is 1. The quantitative estimate of drug-likeness (QED) is 0.320. The van der Waals surface area contributed by atoms with E-state index in [1.54, 1.807) is 0 Å². The average molecular weight is 375 g/mol. The third-order valence-electron chi connectivity index (χ3n) is 4.61. The third-order valence-corrected chi connectivity index (χ3v) is 4.61. The lowest BCUT2D eigenvalue weighted by molar-refractivity contribution is -0.140.